The first-order valence-corrected chi connectivity index (χ1v) is 7.50. The van der Waals surface area contributed by atoms with Gasteiger partial charge in [-0.15, -0.1) is 0 Å². The summed E-state index contributed by atoms with van der Waals surface area (Å²) in [5.74, 6) is -1.02. The fourth-order valence-corrected chi connectivity index (χ4v) is 2.67. The SMILES string of the molecule is CC(=O)OCc1c(F)cccc1-c1c[nH]c2cc(C)ccc2c1=O. The van der Waals surface area contributed by atoms with E-state index in [2.05, 4.69) is 4.98 Å². The average Bonchev–Trinajstić information content (AvgIpc) is 2.53. The zero-order valence-corrected chi connectivity index (χ0v) is 13.4. The van der Waals surface area contributed by atoms with Crippen molar-refractivity contribution in [3.8, 4) is 11.1 Å². The van der Waals surface area contributed by atoms with Gasteiger partial charge in [0.15, 0.2) is 5.43 Å². The van der Waals surface area contributed by atoms with E-state index in [1.165, 1.54) is 19.1 Å². The third-order valence-corrected chi connectivity index (χ3v) is 3.87. The van der Waals surface area contributed by atoms with Gasteiger partial charge >= 0.3 is 5.97 Å². The molecule has 24 heavy (non-hydrogen) atoms. The van der Waals surface area contributed by atoms with Gasteiger partial charge in [-0.05, 0) is 36.2 Å². The van der Waals surface area contributed by atoms with Crippen LogP contribution in [0.2, 0.25) is 0 Å². The molecule has 3 aromatic rings. The van der Waals surface area contributed by atoms with Crippen LogP contribution in [0.15, 0.2) is 47.4 Å². The van der Waals surface area contributed by atoms with Gasteiger partial charge < -0.3 is 9.72 Å². The second kappa shape index (κ2) is 6.28. The molecule has 1 N–H and O–H groups in total. The third-order valence-electron chi connectivity index (χ3n) is 3.87. The summed E-state index contributed by atoms with van der Waals surface area (Å²) < 4.78 is 19.1. The van der Waals surface area contributed by atoms with Crippen LogP contribution < -0.4 is 5.43 Å². The Labute approximate surface area is 137 Å². The van der Waals surface area contributed by atoms with E-state index in [4.69, 9.17) is 4.74 Å². The van der Waals surface area contributed by atoms with Gasteiger partial charge in [-0.2, -0.15) is 0 Å². The molecule has 0 aliphatic heterocycles. The minimum Gasteiger partial charge on any atom is -0.461 e. The van der Waals surface area contributed by atoms with Crippen molar-refractivity contribution in [2.24, 2.45) is 0 Å². The summed E-state index contributed by atoms with van der Waals surface area (Å²) in [6, 6.07) is 9.94. The van der Waals surface area contributed by atoms with Gasteiger partial charge in [-0.3, -0.25) is 9.59 Å². The van der Waals surface area contributed by atoms with E-state index in [0.717, 1.165) is 11.1 Å². The Hall–Kier alpha value is -2.95. The number of rotatable bonds is 3. The lowest BCUT2D eigenvalue weighted by Gasteiger charge is -2.11. The second-order valence-electron chi connectivity index (χ2n) is 5.63. The fraction of sp³-hybridized carbons (Fsp3) is 0.158. The predicted molar refractivity (Wildman–Crippen MR) is 90.2 cm³/mol. The Balaban J connectivity index is 2.19. The molecule has 0 saturated carbocycles. The van der Waals surface area contributed by atoms with Gasteiger partial charge in [0, 0.05) is 35.2 Å². The number of aromatic amines is 1. The number of fused-ring (bicyclic) bond motifs is 1. The van der Waals surface area contributed by atoms with Gasteiger partial charge in [-0.1, -0.05) is 18.2 Å². The van der Waals surface area contributed by atoms with Gasteiger partial charge in [-0.25, -0.2) is 4.39 Å². The van der Waals surface area contributed by atoms with Crippen LogP contribution in [0, 0.1) is 12.7 Å². The largest absolute Gasteiger partial charge is 0.461 e. The van der Waals surface area contributed by atoms with Crippen molar-refractivity contribution in [2.75, 3.05) is 0 Å². The highest BCUT2D eigenvalue weighted by Crippen LogP contribution is 2.25. The summed E-state index contributed by atoms with van der Waals surface area (Å²) in [5.41, 5.74) is 2.50. The number of pyridine rings is 1. The Kier molecular flexibility index (Phi) is 4.16. The normalized spacial score (nSPS) is 10.8. The molecule has 0 spiro atoms. The number of halogens is 1. The summed E-state index contributed by atoms with van der Waals surface area (Å²) >= 11 is 0. The van der Waals surface area contributed by atoms with Crippen LogP contribution in [0.5, 0.6) is 0 Å². The minimum absolute atomic E-state index is 0.185. The highest BCUT2D eigenvalue weighted by molar-refractivity contribution is 5.84. The van der Waals surface area contributed by atoms with Crippen LogP contribution >= 0.6 is 0 Å². The molecule has 0 fully saturated rings. The number of aryl methyl sites for hydroxylation is 1. The molecule has 1 aromatic heterocycles. The van der Waals surface area contributed by atoms with Crippen molar-refractivity contribution in [2.45, 2.75) is 20.5 Å². The van der Waals surface area contributed by atoms with Crippen LogP contribution in [-0.2, 0) is 16.1 Å². The molecule has 0 saturated heterocycles. The average molecular weight is 325 g/mol. The summed E-state index contributed by atoms with van der Waals surface area (Å²) in [6.07, 6.45) is 1.57. The van der Waals surface area contributed by atoms with E-state index in [1.807, 2.05) is 19.1 Å². The monoisotopic (exact) mass is 325 g/mol. The lowest BCUT2D eigenvalue weighted by atomic mass is 9.99. The van der Waals surface area contributed by atoms with Crippen LogP contribution in [-0.4, -0.2) is 11.0 Å². The van der Waals surface area contributed by atoms with E-state index >= 15 is 0 Å². The molecule has 4 nitrogen and oxygen atoms in total. The molecule has 1 heterocycles. The van der Waals surface area contributed by atoms with Gasteiger partial charge in [0.25, 0.3) is 0 Å². The van der Waals surface area contributed by atoms with Crippen molar-refractivity contribution < 1.29 is 13.9 Å². The van der Waals surface area contributed by atoms with E-state index in [9.17, 15) is 14.0 Å². The maximum atomic E-state index is 14.2. The van der Waals surface area contributed by atoms with Crippen LogP contribution in [0.3, 0.4) is 0 Å². The van der Waals surface area contributed by atoms with Crippen LogP contribution in [0.1, 0.15) is 18.1 Å². The highest BCUT2D eigenvalue weighted by Gasteiger charge is 2.15. The first-order chi connectivity index (χ1) is 11.5. The van der Waals surface area contributed by atoms with Crippen molar-refractivity contribution in [3.63, 3.8) is 0 Å². The van der Waals surface area contributed by atoms with Crippen molar-refractivity contribution in [1.29, 1.82) is 0 Å². The molecular weight excluding hydrogens is 309 g/mol. The first kappa shape index (κ1) is 15.9. The zero-order valence-electron chi connectivity index (χ0n) is 13.4. The predicted octanol–water partition coefficient (Wildman–Crippen LogP) is 3.71. The topological polar surface area (TPSA) is 59.2 Å². The number of hydrogen-bond acceptors (Lipinski definition) is 3. The maximum absolute atomic E-state index is 14.2. The molecular formula is C19H16FNO3. The number of carbonyl (C=O) groups excluding carboxylic acids is 1. The summed E-state index contributed by atoms with van der Waals surface area (Å²) in [6.45, 7) is 2.98. The molecule has 0 amide bonds. The van der Waals surface area contributed by atoms with Crippen LogP contribution in [0.4, 0.5) is 4.39 Å². The van der Waals surface area contributed by atoms with Crippen LogP contribution in [0.25, 0.3) is 22.0 Å². The highest BCUT2D eigenvalue weighted by atomic mass is 19.1. The molecule has 3 rings (SSSR count). The number of aromatic nitrogens is 1. The fourth-order valence-electron chi connectivity index (χ4n) is 2.67. The molecule has 0 bridgehead atoms. The molecule has 0 unspecified atom stereocenters. The minimum atomic E-state index is -0.517. The lowest BCUT2D eigenvalue weighted by molar-refractivity contribution is -0.142. The van der Waals surface area contributed by atoms with Crippen molar-refractivity contribution in [3.05, 3.63) is 69.8 Å². The van der Waals surface area contributed by atoms with E-state index in [1.54, 1.807) is 18.3 Å². The van der Waals surface area contributed by atoms with Gasteiger partial charge in [0.2, 0.25) is 0 Å². The summed E-state index contributed by atoms with van der Waals surface area (Å²) in [5, 5.41) is 0.529. The van der Waals surface area contributed by atoms with Crippen molar-refractivity contribution >= 4 is 16.9 Å². The number of hydrogen-bond donors (Lipinski definition) is 1. The third kappa shape index (κ3) is 2.93. The number of carbonyl (C=O) groups is 1. The van der Waals surface area contributed by atoms with Gasteiger partial charge in [0.05, 0.1) is 0 Å². The molecule has 2 aromatic carbocycles. The Morgan fingerprint density at radius 2 is 2.00 bits per heavy atom. The quantitative estimate of drug-likeness (QED) is 0.747. The van der Waals surface area contributed by atoms with Crippen molar-refractivity contribution in [1.82, 2.24) is 4.98 Å². The van der Waals surface area contributed by atoms with E-state index < -0.39 is 11.8 Å². The molecule has 0 aliphatic carbocycles. The van der Waals surface area contributed by atoms with E-state index in [-0.39, 0.29) is 17.6 Å². The lowest BCUT2D eigenvalue weighted by Crippen LogP contribution is -2.10. The Morgan fingerprint density at radius 1 is 1.21 bits per heavy atom. The molecule has 0 radical (unpaired) electrons. The number of ether oxygens (including phenoxy) is 1. The first-order valence-electron chi connectivity index (χ1n) is 7.50. The number of nitrogens with one attached hydrogen (secondary N) is 1. The Bertz CT molecular complexity index is 992. The smallest absolute Gasteiger partial charge is 0.302 e. The molecule has 122 valence electrons. The number of H-pyrrole nitrogens is 1. The second-order valence-corrected chi connectivity index (χ2v) is 5.63. The summed E-state index contributed by atoms with van der Waals surface area (Å²) in [7, 11) is 0. The molecule has 0 aliphatic rings. The maximum Gasteiger partial charge on any atom is 0.302 e. The molecule has 0 atom stereocenters. The zero-order chi connectivity index (χ0) is 17.3. The Morgan fingerprint density at radius 3 is 2.75 bits per heavy atom. The van der Waals surface area contributed by atoms with Gasteiger partial charge in [0.1, 0.15) is 12.4 Å². The van der Waals surface area contributed by atoms with E-state index in [0.29, 0.717) is 16.5 Å². The summed E-state index contributed by atoms with van der Waals surface area (Å²) in [4.78, 5) is 26.9. The molecule has 5 heteroatoms. The number of esters is 1. The number of benzene rings is 2. The standard InChI is InChI=1S/C19H16FNO3/c1-11-6-7-14-18(8-11)21-9-15(19(14)23)13-4-3-5-17(20)16(13)10-24-12(2)22/h3-9H,10H2,1-2H3,(H,21,23).